The lowest BCUT2D eigenvalue weighted by atomic mass is 10.0. The Morgan fingerprint density at radius 3 is 2.53 bits per heavy atom. The van der Waals surface area contributed by atoms with Crippen LogP contribution in [0.25, 0.3) is 22.3 Å². The van der Waals surface area contributed by atoms with E-state index >= 15 is 0 Å². The van der Waals surface area contributed by atoms with Crippen molar-refractivity contribution in [2.45, 2.75) is 64.7 Å². The summed E-state index contributed by atoms with van der Waals surface area (Å²) in [5.74, 6) is 1.73. The van der Waals surface area contributed by atoms with Crippen LogP contribution in [0, 0.1) is 5.92 Å². The van der Waals surface area contributed by atoms with E-state index in [0.29, 0.717) is 24.9 Å². The standard InChI is InChI=1S/C28H37N7O3/c1-18(20-13-25(36)30-16-20)37-27-26-23(31-17-35(26)21-6-7-21)14-22(32-27)19-5-8-24(29-15-19)33-9-11-34(12-10-33)38-28(2,3)4/h5,8,14-15,17-18,20-21H,6-7,9-13,16H2,1-4H3,(H,30,36)/t18-,20-/m1/s1. The van der Waals surface area contributed by atoms with E-state index in [0.717, 1.165) is 67.1 Å². The monoisotopic (exact) mass is 519 g/mol. The average molecular weight is 520 g/mol. The minimum Gasteiger partial charge on any atom is -0.473 e. The van der Waals surface area contributed by atoms with Gasteiger partial charge >= 0.3 is 0 Å². The van der Waals surface area contributed by atoms with Gasteiger partial charge in [-0.05, 0) is 58.7 Å². The summed E-state index contributed by atoms with van der Waals surface area (Å²) in [6.45, 7) is 12.3. The first-order valence-electron chi connectivity index (χ1n) is 13.7. The number of fused-ring (bicyclic) bond motifs is 1. The van der Waals surface area contributed by atoms with Crippen LogP contribution < -0.4 is 15.0 Å². The highest BCUT2D eigenvalue weighted by molar-refractivity contribution is 5.85. The largest absolute Gasteiger partial charge is 0.473 e. The summed E-state index contributed by atoms with van der Waals surface area (Å²) in [6, 6.07) is 6.60. The molecule has 0 radical (unpaired) electrons. The van der Waals surface area contributed by atoms with Crippen molar-refractivity contribution in [2.75, 3.05) is 37.6 Å². The molecular weight excluding hydrogens is 482 g/mol. The number of nitrogens with zero attached hydrogens (tertiary/aromatic N) is 6. The lowest BCUT2D eigenvalue weighted by Gasteiger charge is -2.37. The molecule has 1 N–H and O–H groups in total. The first kappa shape index (κ1) is 25.1. The summed E-state index contributed by atoms with van der Waals surface area (Å²) in [7, 11) is 0. The average Bonchev–Trinajstić information content (AvgIpc) is 3.48. The van der Waals surface area contributed by atoms with Crippen LogP contribution in [-0.4, -0.2) is 74.9 Å². The number of piperazine rings is 1. The maximum absolute atomic E-state index is 11.8. The SMILES string of the molecule is C[C@@H](Oc1nc(-c2ccc(N3CCN(OC(C)(C)C)CC3)nc2)cc2ncn(C3CC3)c12)[C@H]1CNC(=O)C1. The van der Waals surface area contributed by atoms with E-state index in [1.807, 2.05) is 30.6 Å². The van der Waals surface area contributed by atoms with Gasteiger partial charge in [-0.25, -0.2) is 15.0 Å². The highest BCUT2D eigenvalue weighted by Gasteiger charge is 2.31. The van der Waals surface area contributed by atoms with Crippen molar-refractivity contribution < 1.29 is 14.4 Å². The second-order valence-electron chi connectivity index (χ2n) is 11.7. The molecule has 3 fully saturated rings. The lowest BCUT2D eigenvalue weighted by molar-refractivity contribution is -0.230. The number of anilines is 1. The number of hydrogen-bond acceptors (Lipinski definition) is 8. The Balaban J connectivity index is 1.23. The Bertz CT molecular complexity index is 1300. The zero-order chi connectivity index (χ0) is 26.4. The molecule has 6 rings (SSSR count). The number of carbonyl (C=O) groups is 1. The maximum atomic E-state index is 11.8. The summed E-state index contributed by atoms with van der Waals surface area (Å²) < 4.78 is 8.64. The van der Waals surface area contributed by atoms with Crippen LogP contribution in [0.2, 0.25) is 0 Å². The number of carbonyl (C=O) groups excluding carboxylic acids is 1. The van der Waals surface area contributed by atoms with E-state index in [4.69, 9.17) is 24.5 Å². The summed E-state index contributed by atoms with van der Waals surface area (Å²) >= 11 is 0. The van der Waals surface area contributed by atoms with E-state index in [9.17, 15) is 4.79 Å². The zero-order valence-corrected chi connectivity index (χ0v) is 22.7. The van der Waals surface area contributed by atoms with Gasteiger partial charge in [0.2, 0.25) is 11.8 Å². The minimum absolute atomic E-state index is 0.0784. The van der Waals surface area contributed by atoms with Crippen molar-refractivity contribution in [1.29, 1.82) is 0 Å². The van der Waals surface area contributed by atoms with E-state index in [2.05, 4.69) is 47.7 Å². The zero-order valence-electron chi connectivity index (χ0n) is 22.7. The number of hydroxylamine groups is 2. The van der Waals surface area contributed by atoms with Crippen molar-refractivity contribution in [2.24, 2.45) is 5.92 Å². The van der Waals surface area contributed by atoms with E-state index < -0.39 is 0 Å². The molecule has 3 aromatic rings. The Hall–Kier alpha value is -3.24. The van der Waals surface area contributed by atoms with Gasteiger partial charge in [0, 0.05) is 62.9 Å². The van der Waals surface area contributed by atoms with Gasteiger partial charge in [0.25, 0.3) is 0 Å². The molecule has 2 aliphatic heterocycles. The van der Waals surface area contributed by atoms with Gasteiger partial charge in [-0.2, -0.15) is 5.06 Å². The highest BCUT2D eigenvalue weighted by atomic mass is 16.7. The maximum Gasteiger partial charge on any atom is 0.241 e. The molecule has 1 aliphatic carbocycles. The van der Waals surface area contributed by atoms with E-state index in [-0.39, 0.29) is 23.5 Å². The first-order chi connectivity index (χ1) is 18.2. The van der Waals surface area contributed by atoms with Crippen molar-refractivity contribution in [3.63, 3.8) is 0 Å². The van der Waals surface area contributed by atoms with Crippen molar-refractivity contribution in [3.8, 4) is 17.1 Å². The fourth-order valence-electron chi connectivity index (χ4n) is 5.24. The summed E-state index contributed by atoms with van der Waals surface area (Å²) in [6.07, 6.45) is 6.40. The fourth-order valence-corrected chi connectivity index (χ4v) is 5.24. The predicted molar refractivity (Wildman–Crippen MR) is 145 cm³/mol. The fraction of sp³-hybridized carbons (Fsp3) is 0.571. The molecule has 2 atom stereocenters. The molecule has 0 spiro atoms. The minimum atomic E-state index is -0.184. The van der Waals surface area contributed by atoms with Gasteiger partial charge in [0.05, 0.1) is 23.1 Å². The van der Waals surface area contributed by atoms with Crippen molar-refractivity contribution in [3.05, 3.63) is 30.7 Å². The predicted octanol–water partition coefficient (Wildman–Crippen LogP) is 3.58. The second-order valence-corrected chi connectivity index (χ2v) is 11.7. The van der Waals surface area contributed by atoms with Crippen LogP contribution in [0.4, 0.5) is 5.82 Å². The molecule has 202 valence electrons. The molecule has 1 amide bonds. The number of hydrogen-bond donors (Lipinski definition) is 1. The number of amides is 1. The molecule has 3 aromatic heterocycles. The number of pyridine rings is 2. The van der Waals surface area contributed by atoms with E-state index in [1.165, 1.54) is 0 Å². The Morgan fingerprint density at radius 1 is 1.11 bits per heavy atom. The molecule has 0 bridgehead atoms. The van der Waals surface area contributed by atoms with Gasteiger partial charge in [-0.3, -0.25) is 9.63 Å². The molecule has 5 heterocycles. The smallest absolute Gasteiger partial charge is 0.241 e. The van der Waals surface area contributed by atoms with Crippen molar-refractivity contribution in [1.82, 2.24) is 29.9 Å². The van der Waals surface area contributed by atoms with Crippen LogP contribution >= 0.6 is 0 Å². The molecule has 10 nitrogen and oxygen atoms in total. The second kappa shape index (κ2) is 9.81. The van der Waals surface area contributed by atoms with Crippen LogP contribution in [0.15, 0.2) is 30.7 Å². The number of rotatable bonds is 7. The van der Waals surface area contributed by atoms with Gasteiger partial charge < -0.3 is 19.5 Å². The van der Waals surface area contributed by atoms with E-state index in [1.54, 1.807) is 0 Å². The molecule has 10 heteroatoms. The third kappa shape index (κ3) is 5.33. The van der Waals surface area contributed by atoms with Crippen molar-refractivity contribution >= 4 is 22.8 Å². The van der Waals surface area contributed by atoms with Gasteiger partial charge in [-0.15, -0.1) is 0 Å². The van der Waals surface area contributed by atoms with Crippen LogP contribution in [0.3, 0.4) is 0 Å². The third-order valence-corrected chi connectivity index (χ3v) is 7.44. The summed E-state index contributed by atoms with van der Waals surface area (Å²) in [5, 5.41) is 4.96. The van der Waals surface area contributed by atoms with Crippen LogP contribution in [0.1, 0.15) is 53.0 Å². The Morgan fingerprint density at radius 2 is 1.89 bits per heavy atom. The van der Waals surface area contributed by atoms with Crippen LogP contribution in [-0.2, 0) is 9.63 Å². The van der Waals surface area contributed by atoms with Gasteiger partial charge in [0.1, 0.15) is 17.4 Å². The topological polar surface area (TPSA) is 97.6 Å². The normalized spacial score (nSPS) is 21.6. The number of imidazole rings is 1. The quantitative estimate of drug-likeness (QED) is 0.506. The summed E-state index contributed by atoms with van der Waals surface area (Å²) in [5.41, 5.74) is 3.31. The number of ether oxygens (including phenoxy) is 1. The molecule has 0 aromatic carbocycles. The molecule has 0 unspecified atom stereocenters. The highest BCUT2D eigenvalue weighted by Crippen LogP contribution is 2.40. The molecule has 2 saturated heterocycles. The van der Waals surface area contributed by atoms with Gasteiger partial charge in [0.15, 0.2) is 0 Å². The molecular formula is C28H37N7O3. The van der Waals surface area contributed by atoms with Crippen LogP contribution in [0.5, 0.6) is 5.88 Å². The summed E-state index contributed by atoms with van der Waals surface area (Å²) in [4.78, 5) is 34.5. The molecule has 1 saturated carbocycles. The number of nitrogens with one attached hydrogen (secondary N) is 1. The van der Waals surface area contributed by atoms with Gasteiger partial charge in [-0.1, -0.05) is 0 Å². The molecule has 3 aliphatic rings. The first-order valence-corrected chi connectivity index (χ1v) is 13.7. The lowest BCUT2D eigenvalue weighted by Crippen LogP contribution is -2.48. The third-order valence-electron chi connectivity index (χ3n) is 7.44. The molecule has 38 heavy (non-hydrogen) atoms. The number of aromatic nitrogens is 4. The Kier molecular flexibility index (Phi) is 6.47. The Labute approximate surface area is 223 Å².